The zero-order valence-electron chi connectivity index (χ0n) is 20.7. The van der Waals surface area contributed by atoms with E-state index in [-0.39, 0.29) is 16.8 Å². The first-order valence-electron chi connectivity index (χ1n) is 12.4. The number of rotatable bonds is 8. The van der Waals surface area contributed by atoms with Crippen molar-refractivity contribution in [2.24, 2.45) is 0 Å². The summed E-state index contributed by atoms with van der Waals surface area (Å²) >= 11 is 6.03. The number of aryl methyl sites for hydroxylation is 2. The molecule has 1 unspecified atom stereocenters. The molecule has 1 heterocycles. The molecule has 0 saturated carbocycles. The fourth-order valence-electron chi connectivity index (χ4n) is 4.53. The van der Waals surface area contributed by atoms with E-state index >= 15 is 0 Å². The Bertz CT molecular complexity index is 1590. The van der Waals surface area contributed by atoms with E-state index in [2.05, 4.69) is 20.3 Å². The summed E-state index contributed by atoms with van der Waals surface area (Å²) in [5, 5.41) is 6.62. The van der Waals surface area contributed by atoms with Gasteiger partial charge in [0.15, 0.2) is 5.82 Å². The highest BCUT2D eigenvalue weighted by Gasteiger charge is 2.28. The molecule has 0 aliphatic heterocycles. The molecular weight excluding hydrogens is 520 g/mol. The SMILES string of the molecule is CCc1ccc(S(=O)(=O)NC2CCc3ccc(Nc4ncccc4NC(=O)c4cccc(Cl)c4)cc32)cc1. The second kappa shape index (κ2) is 10.9. The Morgan fingerprint density at radius 1 is 1.03 bits per heavy atom. The first kappa shape index (κ1) is 25.9. The van der Waals surface area contributed by atoms with Crippen LogP contribution in [0.15, 0.2) is 90.0 Å². The lowest BCUT2D eigenvalue weighted by atomic mass is 10.1. The Morgan fingerprint density at radius 2 is 1.84 bits per heavy atom. The Balaban J connectivity index is 1.34. The van der Waals surface area contributed by atoms with Crippen LogP contribution in [-0.2, 0) is 22.9 Å². The lowest BCUT2D eigenvalue weighted by molar-refractivity contribution is 0.102. The molecule has 0 radical (unpaired) electrons. The molecule has 1 atom stereocenters. The number of hydrogen-bond acceptors (Lipinski definition) is 5. The Hall–Kier alpha value is -3.72. The topological polar surface area (TPSA) is 100 Å². The van der Waals surface area contributed by atoms with Gasteiger partial charge in [-0.1, -0.05) is 42.8 Å². The highest BCUT2D eigenvalue weighted by molar-refractivity contribution is 7.89. The van der Waals surface area contributed by atoms with E-state index in [1.54, 1.807) is 54.7 Å². The summed E-state index contributed by atoms with van der Waals surface area (Å²) in [5.74, 6) is 0.160. The molecule has 1 aromatic heterocycles. The zero-order chi connectivity index (χ0) is 26.7. The summed E-state index contributed by atoms with van der Waals surface area (Å²) in [7, 11) is -3.67. The summed E-state index contributed by atoms with van der Waals surface area (Å²) in [6, 6.07) is 22.7. The molecule has 1 aliphatic rings. The third-order valence-electron chi connectivity index (χ3n) is 6.57. The monoisotopic (exact) mass is 546 g/mol. The molecule has 0 saturated heterocycles. The van der Waals surface area contributed by atoms with Crippen LogP contribution in [0.3, 0.4) is 0 Å². The number of sulfonamides is 1. The average molecular weight is 547 g/mol. The average Bonchev–Trinajstić information content (AvgIpc) is 3.31. The first-order valence-corrected chi connectivity index (χ1v) is 14.2. The molecular formula is C29H27ClN4O3S. The van der Waals surface area contributed by atoms with Gasteiger partial charge in [0.2, 0.25) is 10.0 Å². The molecule has 0 fully saturated rings. The van der Waals surface area contributed by atoms with Crippen molar-refractivity contribution in [2.75, 3.05) is 10.6 Å². The second-order valence-corrected chi connectivity index (χ2v) is 11.3. The van der Waals surface area contributed by atoms with E-state index in [9.17, 15) is 13.2 Å². The minimum absolute atomic E-state index is 0.256. The summed E-state index contributed by atoms with van der Waals surface area (Å²) < 4.78 is 29.0. The number of halogens is 1. The van der Waals surface area contributed by atoms with Gasteiger partial charge < -0.3 is 10.6 Å². The lowest BCUT2D eigenvalue weighted by Gasteiger charge is -2.17. The third-order valence-corrected chi connectivity index (χ3v) is 8.29. The molecule has 5 rings (SSSR count). The summed E-state index contributed by atoms with van der Waals surface area (Å²) in [6.45, 7) is 2.03. The first-order chi connectivity index (χ1) is 18.3. The van der Waals surface area contributed by atoms with Crippen molar-refractivity contribution >= 4 is 44.7 Å². The summed E-state index contributed by atoms with van der Waals surface area (Å²) in [6.07, 6.45) is 3.94. The second-order valence-electron chi connectivity index (χ2n) is 9.11. The number of carbonyl (C=O) groups excluding carboxylic acids is 1. The van der Waals surface area contributed by atoms with Gasteiger partial charge in [0.25, 0.3) is 5.91 Å². The van der Waals surface area contributed by atoms with Crippen LogP contribution >= 0.6 is 11.6 Å². The van der Waals surface area contributed by atoms with Gasteiger partial charge in [-0.3, -0.25) is 4.79 Å². The predicted octanol–water partition coefficient (Wildman–Crippen LogP) is 6.26. The maximum atomic E-state index is 13.1. The molecule has 1 aliphatic carbocycles. The van der Waals surface area contributed by atoms with E-state index in [0.29, 0.717) is 28.5 Å². The van der Waals surface area contributed by atoms with Crippen LogP contribution in [0, 0.1) is 0 Å². The van der Waals surface area contributed by atoms with Crippen LogP contribution in [0.1, 0.15) is 46.4 Å². The summed E-state index contributed by atoms with van der Waals surface area (Å²) in [5.41, 5.74) is 4.78. The normalized spacial score (nSPS) is 14.6. The number of nitrogens with zero attached hydrogens (tertiary/aromatic N) is 1. The molecule has 3 aromatic carbocycles. The van der Waals surface area contributed by atoms with Gasteiger partial charge in [-0.15, -0.1) is 0 Å². The van der Waals surface area contributed by atoms with E-state index in [4.69, 9.17) is 11.6 Å². The fourth-order valence-corrected chi connectivity index (χ4v) is 5.97. The highest BCUT2D eigenvalue weighted by atomic mass is 35.5. The van der Waals surface area contributed by atoms with Gasteiger partial charge >= 0.3 is 0 Å². The van der Waals surface area contributed by atoms with Crippen LogP contribution < -0.4 is 15.4 Å². The zero-order valence-corrected chi connectivity index (χ0v) is 22.3. The molecule has 3 N–H and O–H groups in total. The maximum Gasteiger partial charge on any atom is 0.255 e. The van der Waals surface area contributed by atoms with Crippen LogP contribution in [-0.4, -0.2) is 19.3 Å². The van der Waals surface area contributed by atoms with Gasteiger partial charge in [-0.25, -0.2) is 18.1 Å². The van der Waals surface area contributed by atoms with Gasteiger partial charge in [-0.2, -0.15) is 0 Å². The quantitative estimate of drug-likeness (QED) is 0.242. The van der Waals surface area contributed by atoms with Crippen molar-refractivity contribution < 1.29 is 13.2 Å². The Labute approximate surface area is 227 Å². The number of carbonyl (C=O) groups is 1. The van der Waals surface area contributed by atoms with Crippen LogP contribution in [0.25, 0.3) is 0 Å². The van der Waals surface area contributed by atoms with Crippen molar-refractivity contribution in [1.29, 1.82) is 0 Å². The number of nitrogens with one attached hydrogen (secondary N) is 3. The van der Waals surface area contributed by atoms with E-state index in [1.165, 1.54) is 0 Å². The van der Waals surface area contributed by atoms with E-state index < -0.39 is 10.0 Å². The van der Waals surface area contributed by atoms with E-state index in [0.717, 1.165) is 35.2 Å². The molecule has 1 amide bonds. The number of anilines is 3. The van der Waals surface area contributed by atoms with Gasteiger partial charge in [0.05, 0.1) is 10.6 Å². The largest absolute Gasteiger partial charge is 0.338 e. The van der Waals surface area contributed by atoms with Crippen molar-refractivity contribution in [1.82, 2.24) is 9.71 Å². The molecule has 7 nitrogen and oxygen atoms in total. The van der Waals surface area contributed by atoms with Crippen LogP contribution in [0.2, 0.25) is 5.02 Å². The molecule has 38 heavy (non-hydrogen) atoms. The lowest BCUT2D eigenvalue weighted by Crippen LogP contribution is -2.27. The van der Waals surface area contributed by atoms with Crippen molar-refractivity contribution in [3.05, 3.63) is 112 Å². The molecule has 0 bridgehead atoms. The highest BCUT2D eigenvalue weighted by Crippen LogP contribution is 2.35. The van der Waals surface area contributed by atoms with Crippen molar-refractivity contribution in [3.8, 4) is 0 Å². The van der Waals surface area contributed by atoms with Crippen LogP contribution in [0.4, 0.5) is 17.2 Å². The number of benzene rings is 3. The van der Waals surface area contributed by atoms with Crippen molar-refractivity contribution in [2.45, 2.75) is 37.1 Å². The maximum absolute atomic E-state index is 13.1. The predicted molar refractivity (Wildman–Crippen MR) is 151 cm³/mol. The standard InChI is InChI=1S/C29H27ClN4O3S/c1-2-19-8-13-24(14-9-19)38(36,37)34-26-15-11-20-10-12-23(18-25(20)26)32-28-27(7-4-16-31-28)33-29(35)21-5-3-6-22(30)17-21/h3-10,12-14,16-18,26,34H,2,11,15H2,1H3,(H,31,32)(H,33,35). The van der Waals surface area contributed by atoms with Gasteiger partial charge in [-0.05, 0) is 90.6 Å². The smallest absolute Gasteiger partial charge is 0.255 e. The fraction of sp³-hybridized carbons (Fsp3) is 0.172. The van der Waals surface area contributed by atoms with Gasteiger partial charge in [0.1, 0.15) is 0 Å². The molecule has 9 heteroatoms. The van der Waals surface area contributed by atoms with Crippen molar-refractivity contribution in [3.63, 3.8) is 0 Å². The molecule has 4 aromatic rings. The number of pyridine rings is 1. The third kappa shape index (κ3) is 5.72. The Kier molecular flexibility index (Phi) is 7.46. The minimum atomic E-state index is -3.67. The van der Waals surface area contributed by atoms with Gasteiger partial charge in [0, 0.05) is 28.5 Å². The van der Waals surface area contributed by atoms with E-state index in [1.807, 2.05) is 37.3 Å². The minimum Gasteiger partial charge on any atom is -0.338 e. The number of aromatic nitrogens is 1. The number of amides is 1. The summed E-state index contributed by atoms with van der Waals surface area (Å²) in [4.78, 5) is 17.4. The molecule has 0 spiro atoms. The molecule has 194 valence electrons. The number of hydrogen-bond donors (Lipinski definition) is 3. The van der Waals surface area contributed by atoms with Crippen LogP contribution in [0.5, 0.6) is 0 Å². The number of fused-ring (bicyclic) bond motifs is 1. The Morgan fingerprint density at radius 3 is 2.61 bits per heavy atom.